The maximum atomic E-state index is 14.5. The van der Waals surface area contributed by atoms with Crippen LogP contribution in [0.1, 0.15) is 10.4 Å². The SMILES string of the molecule is C=CCn1cc(C(=O)O)c(=O)c2cc(F)c(N3CCOCC3)cc21. The first-order valence-electron chi connectivity index (χ1n) is 7.56. The summed E-state index contributed by atoms with van der Waals surface area (Å²) >= 11 is 0. The Morgan fingerprint density at radius 3 is 2.71 bits per heavy atom. The van der Waals surface area contributed by atoms with Gasteiger partial charge in [-0.1, -0.05) is 6.08 Å². The molecule has 1 aromatic heterocycles. The quantitative estimate of drug-likeness (QED) is 0.866. The van der Waals surface area contributed by atoms with Crippen molar-refractivity contribution in [2.75, 3.05) is 31.2 Å². The summed E-state index contributed by atoms with van der Waals surface area (Å²) in [6, 6.07) is 2.71. The van der Waals surface area contributed by atoms with Gasteiger partial charge in [0.05, 0.1) is 24.4 Å². The van der Waals surface area contributed by atoms with Gasteiger partial charge in [-0.3, -0.25) is 4.79 Å². The summed E-state index contributed by atoms with van der Waals surface area (Å²) in [5.41, 5.74) is -0.216. The lowest BCUT2D eigenvalue weighted by Crippen LogP contribution is -2.36. The summed E-state index contributed by atoms with van der Waals surface area (Å²) in [5, 5.41) is 9.24. The Kier molecular flexibility index (Phi) is 4.35. The number of aromatic nitrogens is 1. The number of anilines is 1. The van der Waals surface area contributed by atoms with Crippen molar-refractivity contribution in [3.63, 3.8) is 0 Å². The lowest BCUT2D eigenvalue weighted by atomic mass is 10.1. The zero-order chi connectivity index (χ0) is 17.3. The third-order valence-electron chi connectivity index (χ3n) is 4.06. The molecular weight excluding hydrogens is 315 g/mol. The number of carboxylic acid groups (broad SMARTS) is 1. The molecule has 0 radical (unpaired) electrons. The van der Waals surface area contributed by atoms with Gasteiger partial charge in [-0.25, -0.2) is 9.18 Å². The van der Waals surface area contributed by atoms with Crippen molar-refractivity contribution in [3.05, 3.63) is 52.6 Å². The van der Waals surface area contributed by atoms with Gasteiger partial charge in [-0.15, -0.1) is 6.58 Å². The molecule has 0 spiro atoms. The van der Waals surface area contributed by atoms with Crippen LogP contribution in [0, 0.1) is 5.82 Å². The number of fused-ring (bicyclic) bond motifs is 1. The Balaban J connectivity index is 2.25. The number of hydrogen-bond acceptors (Lipinski definition) is 4. The maximum Gasteiger partial charge on any atom is 0.341 e. The summed E-state index contributed by atoms with van der Waals surface area (Å²) < 4.78 is 21.4. The molecule has 0 aliphatic carbocycles. The van der Waals surface area contributed by atoms with E-state index in [0.717, 1.165) is 6.07 Å². The second kappa shape index (κ2) is 6.45. The summed E-state index contributed by atoms with van der Waals surface area (Å²) in [6.45, 7) is 6.08. The van der Waals surface area contributed by atoms with E-state index < -0.39 is 17.2 Å². The summed E-state index contributed by atoms with van der Waals surface area (Å²) in [7, 11) is 0. The first kappa shape index (κ1) is 16.2. The predicted octanol–water partition coefficient (Wildman–Crippen LogP) is 1.86. The van der Waals surface area contributed by atoms with Gasteiger partial charge in [0.1, 0.15) is 11.4 Å². The Morgan fingerprint density at radius 2 is 2.08 bits per heavy atom. The van der Waals surface area contributed by atoms with Gasteiger partial charge in [0.2, 0.25) is 5.43 Å². The number of rotatable bonds is 4. The Morgan fingerprint density at radius 1 is 1.38 bits per heavy atom. The third-order valence-corrected chi connectivity index (χ3v) is 4.06. The molecule has 24 heavy (non-hydrogen) atoms. The first-order chi connectivity index (χ1) is 11.5. The molecule has 0 saturated carbocycles. The summed E-state index contributed by atoms with van der Waals surface area (Å²) in [5.74, 6) is -1.88. The van der Waals surface area contributed by atoms with Gasteiger partial charge < -0.3 is 19.3 Å². The second-order valence-electron chi connectivity index (χ2n) is 5.54. The number of carbonyl (C=O) groups is 1. The van der Waals surface area contributed by atoms with E-state index in [1.807, 2.05) is 4.90 Å². The van der Waals surface area contributed by atoms with E-state index in [1.165, 1.54) is 6.20 Å². The number of ether oxygens (including phenoxy) is 1. The molecule has 1 fully saturated rings. The van der Waals surface area contributed by atoms with Gasteiger partial charge in [0, 0.05) is 31.2 Å². The van der Waals surface area contributed by atoms with Crippen LogP contribution in [0.25, 0.3) is 10.9 Å². The smallest absolute Gasteiger partial charge is 0.341 e. The zero-order valence-corrected chi connectivity index (χ0v) is 13.0. The van der Waals surface area contributed by atoms with Crippen molar-refractivity contribution in [1.82, 2.24) is 4.57 Å². The minimum Gasteiger partial charge on any atom is -0.477 e. The molecule has 0 unspecified atom stereocenters. The molecule has 1 aliphatic heterocycles. The normalized spacial score (nSPS) is 14.8. The van der Waals surface area contributed by atoms with E-state index in [-0.39, 0.29) is 10.9 Å². The average Bonchev–Trinajstić information content (AvgIpc) is 2.57. The van der Waals surface area contributed by atoms with Gasteiger partial charge in [0.15, 0.2) is 0 Å². The lowest BCUT2D eigenvalue weighted by molar-refractivity contribution is 0.0695. The molecule has 126 valence electrons. The van der Waals surface area contributed by atoms with Crippen molar-refractivity contribution >= 4 is 22.6 Å². The highest BCUT2D eigenvalue weighted by molar-refractivity contribution is 5.93. The summed E-state index contributed by atoms with van der Waals surface area (Å²) in [6.07, 6.45) is 2.86. The molecule has 6 nitrogen and oxygen atoms in total. The van der Waals surface area contributed by atoms with Crippen LogP contribution >= 0.6 is 0 Å². The summed E-state index contributed by atoms with van der Waals surface area (Å²) in [4.78, 5) is 25.5. The predicted molar refractivity (Wildman–Crippen MR) is 88.4 cm³/mol. The van der Waals surface area contributed by atoms with E-state index in [9.17, 15) is 19.1 Å². The molecule has 1 aliphatic rings. The van der Waals surface area contributed by atoms with E-state index in [4.69, 9.17) is 4.74 Å². The third kappa shape index (κ3) is 2.78. The molecular formula is C17H17FN2O4. The molecule has 1 saturated heterocycles. The van der Waals surface area contributed by atoms with Crippen LogP contribution in [0.15, 0.2) is 35.8 Å². The van der Waals surface area contributed by atoms with Crippen molar-refractivity contribution in [3.8, 4) is 0 Å². The van der Waals surface area contributed by atoms with E-state index in [1.54, 1.807) is 16.7 Å². The molecule has 7 heteroatoms. The van der Waals surface area contributed by atoms with Crippen LogP contribution in [-0.2, 0) is 11.3 Å². The number of pyridine rings is 1. The minimum absolute atomic E-state index is 0.0475. The van der Waals surface area contributed by atoms with Gasteiger partial charge >= 0.3 is 5.97 Å². The van der Waals surface area contributed by atoms with Crippen LogP contribution < -0.4 is 10.3 Å². The van der Waals surface area contributed by atoms with Gasteiger partial charge in [0.25, 0.3) is 0 Å². The Bertz CT molecular complexity index is 869. The van der Waals surface area contributed by atoms with Crippen LogP contribution in [0.2, 0.25) is 0 Å². The van der Waals surface area contributed by atoms with E-state index in [2.05, 4.69) is 6.58 Å². The molecule has 2 aromatic rings. The molecule has 0 atom stereocenters. The molecule has 3 rings (SSSR count). The van der Waals surface area contributed by atoms with Crippen molar-refractivity contribution in [1.29, 1.82) is 0 Å². The fraction of sp³-hybridized carbons (Fsp3) is 0.294. The van der Waals surface area contributed by atoms with E-state index in [0.29, 0.717) is 44.1 Å². The fourth-order valence-electron chi connectivity index (χ4n) is 2.89. The second-order valence-corrected chi connectivity index (χ2v) is 5.54. The number of hydrogen-bond donors (Lipinski definition) is 1. The highest BCUT2D eigenvalue weighted by Gasteiger charge is 2.20. The first-order valence-corrected chi connectivity index (χ1v) is 7.56. The number of carboxylic acids is 1. The highest BCUT2D eigenvalue weighted by Crippen LogP contribution is 2.26. The topological polar surface area (TPSA) is 71.8 Å². The van der Waals surface area contributed by atoms with Crippen molar-refractivity contribution in [2.24, 2.45) is 0 Å². The number of morpholine rings is 1. The molecule has 1 N–H and O–H groups in total. The van der Waals surface area contributed by atoms with Gasteiger partial charge in [-0.05, 0) is 12.1 Å². The van der Waals surface area contributed by atoms with Crippen LogP contribution in [0.3, 0.4) is 0 Å². The number of allylic oxidation sites excluding steroid dienone is 1. The zero-order valence-electron chi connectivity index (χ0n) is 13.0. The fourth-order valence-corrected chi connectivity index (χ4v) is 2.89. The van der Waals surface area contributed by atoms with Crippen molar-refractivity contribution < 1.29 is 19.0 Å². The standard InChI is InChI=1S/C17H17FN2O4/c1-2-3-20-10-12(17(22)23)16(21)11-8-13(18)15(9-14(11)20)19-4-6-24-7-5-19/h2,8-10H,1,3-7H2,(H,22,23). The lowest BCUT2D eigenvalue weighted by Gasteiger charge is -2.29. The van der Waals surface area contributed by atoms with Crippen LogP contribution in [0.4, 0.5) is 10.1 Å². The Labute approximate surface area is 137 Å². The van der Waals surface area contributed by atoms with Crippen LogP contribution in [0.5, 0.6) is 0 Å². The number of halogens is 1. The molecule has 0 bridgehead atoms. The molecule has 2 heterocycles. The average molecular weight is 332 g/mol. The largest absolute Gasteiger partial charge is 0.477 e. The van der Waals surface area contributed by atoms with Gasteiger partial charge in [-0.2, -0.15) is 0 Å². The minimum atomic E-state index is -1.34. The van der Waals surface area contributed by atoms with Crippen LogP contribution in [-0.4, -0.2) is 41.9 Å². The van der Waals surface area contributed by atoms with Crippen molar-refractivity contribution in [2.45, 2.75) is 6.54 Å². The monoisotopic (exact) mass is 332 g/mol. The Hall–Kier alpha value is -2.67. The maximum absolute atomic E-state index is 14.5. The number of aromatic carboxylic acids is 1. The number of benzene rings is 1. The molecule has 0 amide bonds. The van der Waals surface area contributed by atoms with E-state index >= 15 is 0 Å². The number of nitrogens with zero attached hydrogens (tertiary/aromatic N) is 2. The molecule has 1 aromatic carbocycles. The highest BCUT2D eigenvalue weighted by atomic mass is 19.1.